The summed E-state index contributed by atoms with van der Waals surface area (Å²) in [6.07, 6.45) is 2.78. The van der Waals surface area contributed by atoms with Crippen molar-refractivity contribution in [3.05, 3.63) is 30.3 Å². The average molecular weight is 244 g/mol. The van der Waals surface area contributed by atoms with Crippen molar-refractivity contribution in [2.24, 2.45) is 0 Å². The molecule has 1 aromatic rings. The Hall–Kier alpha value is -0.830. The first-order valence-electron chi connectivity index (χ1n) is 5.36. The summed E-state index contributed by atoms with van der Waals surface area (Å²) in [6, 6.07) is 8.48. The molecule has 16 heavy (non-hydrogen) atoms. The number of benzene rings is 1. The van der Waals surface area contributed by atoms with E-state index in [2.05, 4.69) is 6.92 Å². The fraction of sp³-hybridized carbons (Fsp3) is 0.455. The first kappa shape index (κ1) is 13.2. The maximum atomic E-state index is 11.5. The van der Waals surface area contributed by atoms with Gasteiger partial charge in [0.2, 0.25) is 0 Å². The van der Waals surface area contributed by atoms with Crippen molar-refractivity contribution in [2.45, 2.75) is 26.2 Å². The summed E-state index contributed by atoms with van der Waals surface area (Å²) in [7, 11) is -3.95. The zero-order valence-electron chi connectivity index (χ0n) is 9.33. The van der Waals surface area contributed by atoms with Crippen molar-refractivity contribution in [2.75, 3.05) is 6.61 Å². The van der Waals surface area contributed by atoms with Crippen molar-refractivity contribution >= 4 is 7.82 Å². The van der Waals surface area contributed by atoms with Crippen LogP contribution in [-0.4, -0.2) is 11.5 Å². The summed E-state index contributed by atoms with van der Waals surface area (Å²) < 4.78 is 21.2. The fourth-order valence-corrected chi connectivity index (χ4v) is 1.97. The molecule has 90 valence electrons. The lowest BCUT2D eigenvalue weighted by molar-refractivity contribution is 0.200. The summed E-state index contributed by atoms with van der Waals surface area (Å²) in [6.45, 7) is 2.30. The topological polar surface area (TPSA) is 55.8 Å². The van der Waals surface area contributed by atoms with Gasteiger partial charge in [-0.15, -0.1) is 0 Å². The van der Waals surface area contributed by atoms with E-state index >= 15 is 0 Å². The van der Waals surface area contributed by atoms with Crippen LogP contribution >= 0.6 is 7.82 Å². The number of hydrogen-bond acceptors (Lipinski definition) is 3. The van der Waals surface area contributed by atoms with Gasteiger partial charge in [-0.1, -0.05) is 38.0 Å². The smallest absolute Gasteiger partial charge is 0.404 e. The van der Waals surface area contributed by atoms with Gasteiger partial charge in [-0.2, -0.15) is 0 Å². The van der Waals surface area contributed by atoms with Crippen molar-refractivity contribution in [1.29, 1.82) is 0 Å². The standard InChI is InChI=1S/C11H17O4P/c1-2-3-7-10-14-16(12,13)15-11-8-5-4-6-9-11/h4-6,8-9H,2-3,7,10H2,1H3,(H,12,13). The molecule has 0 spiro atoms. The molecule has 1 aromatic carbocycles. The Morgan fingerprint density at radius 1 is 1.25 bits per heavy atom. The Morgan fingerprint density at radius 2 is 1.94 bits per heavy atom. The van der Waals surface area contributed by atoms with Gasteiger partial charge in [0.05, 0.1) is 6.61 Å². The maximum Gasteiger partial charge on any atom is 0.527 e. The third kappa shape index (κ3) is 5.31. The van der Waals surface area contributed by atoms with Crippen LogP contribution in [0.15, 0.2) is 30.3 Å². The number of phosphoric ester groups is 1. The summed E-state index contributed by atoms with van der Waals surface area (Å²) in [5.41, 5.74) is 0. The van der Waals surface area contributed by atoms with Crippen molar-refractivity contribution in [1.82, 2.24) is 0 Å². The number of rotatable bonds is 7. The summed E-state index contributed by atoms with van der Waals surface area (Å²) >= 11 is 0. The molecule has 0 saturated carbocycles. The van der Waals surface area contributed by atoms with E-state index in [0.29, 0.717) is 5.75 Å². The highest BCUT2D eigenvalue weighted by molar-refractivity contribution is 7.47. The van der Waals surface area contributed by atoms with Gasteiger partial charge in [0, 0.05) is 0 Å². The van der Waals surface area contributed by atoms with Crippen LogP contribution in [0, 0.1) is 0 Å². The van der Waals surface area contributed by atoms with E-state index in [9.17, 15) is 9.46 Å². The van der Waals surface area contributed by atoms with Crippen LogP contribution in [-0.2, 0) is 9.09 Å². The lowest BCUT2D eigenvalue weighted by Gasteiger charge is -2.12. The molecule has 0 saturated heterocycles. The Balaban J connectivity index is 2.37. The molecule has 0 amide bonds. The first-order valence-corrected chi connectivity index (χ1v) is 6.85. The van der Waals surface area contributed by atoms with Crippen molar-refractivity contribution in [3.63, 3.8) is 0 Å². The number of para-hydroxylation sites is 1. The highest BCUT2D eigenvalue weighted by Crippen LogP contribution is 2.43. The molecule has 5 heteroatoms. The minimum Gasteiger partial charge on any atom is -0.404 e. The summed E-state index contributed by atoms with van der Waals surface area (Å²) in [4.78, 5) is 9.38. The third-order valence-electron chi connectivity index (χ3n) is 1.97. The van der Waals surface area contributed by atoms with Gasteiger partial charge in [-0.3, -0.25) is 9.42 Å². The Labute approximate surface area is 95.8 Å². The van der Waals surface area contributed by atoms with Crippen molar-refractivity contribution in [3.8, 4) is 5.75 Å². The molecule has 0 aliphatic carbocycles. The molecule has 1 N–H and O–H groups in total. The second-order valence-electron chi connectivity index (χ2n) is 3.41. The van der Waals surface area contributed by atoms with Gasteiger partial charge in [0.1, 0.15) is 5.75 Å². The van der Waals surface area contributed by atoms with E-state index in [-0.39, 0.29) is 6.61 Å². The Morgan fingerprint density at radius 3 is 2.56 bits per heavy atom. The van der Waals surface area contributed by atoms with E-state index in [4.69, 9.17) is 9.05 Å². The molecule has 0 aliphatic heterocycles. The van der Waals surface area contributed by atoms with Gasteiger partial charge in [-0.05, 0) is 18.6 Å². The van der Waals surface area contributed by atoms with E-state index in [1.807, 2.05) is 0 Å². The van der Waals surface area contributed by atoms with Crippen LogP contribution in [0.4, 0.5) is 0 Å². The van der Waals surface area contributed by atoms with Crippen LogP contribution < -0.4 is 4.52 Å². The Bertz CT molecular complexity index is 339. The van der Waals surface area contributed by atoms with Gasteiger partial charge in [0.15, 0.2) is 0 Å². The molecule has 1 rings (SSSR count). The largest absolute Gasteiger partial charge is 0.527 e. The van der Waals surface area contributed by atoms with Crippen LogP contribution in [0.1, 0.15) is 26.2 Å². The summed E-state index contributed by atoms with van der Waals surface area (Å²) in [5.74, 6) is 0.337. The molecule has 1 atom stereocenters. The quantitative estimate of drug-likeness (QED) is 0.590. The zero-order chi connectivity index (χ0) is 11.9. The van der Waals surface area contributed by atoms with E-state index in [1.165, 1.54) is 0 Å². The maximum absolute atomic E-state index is 11.5. The minimum atomic E-state index is -3.95. The average Bonchev–Trinajstić information content (AvgIpc) is 2.25. The Kier molecular flexibility index (Phi) is 5.53. The third-order valence-corrected chi connectivity index (χ3v) is 2.92. The minimum absolute atomic E-state index is 0.244. The van der Waals surface area contributed by atoms with Gasteiger partial charge < -0.3 is 4.52 Å². The number of unbranched alkanes of at least 4 members (excludes halogenated alkanes) is 2. The molecule has 4 nitrogen and oxygen atoms in total. The fourth-order valence-electron chi connectivity index (χ4n) is 1.17. The molecule has 0 heterocycles. The first-order chi connectivity index (χ1) is 7.64. The van der Waals surface area contributed by atoms with Crippen LogP contribution in [0.5, 0.6) is 5.75 Å². The zero-order valence-corrected chi connectivity index (χ0v) is 10.2. The molecular weight excluding hydrogens is 227 g/mol. The second kappa shape index (κ2) is 6.69. The summed E-state index contributed by atoms with van der Waals surface area (Å²) in [5, 5.41) is 0. The van der Waals surface area contributed by atoms with E-state index < -0.39 is 7.82 Å². The molecule has 0 bridgehead atoms. The predicted molar refractivity (Wildman–Crippen MR) is 62.4 cm³/mol. The lowest BCUT2D eigenvalue weighted by Crippen LogP contribution is -1.99. The molecule has 0 aromatic heterocycles. The molecule has 0 radical (unpaired) electrons. The number of hydrogen-bond donors (Lipinski definition) is 1. The number of phosphoric acid groups is 1. The predicted octanol–water partition coefficient (Wildman–Crippen LogP) is 3.37. The van der Waals surface area contributed by atoms with Gasteiger partial charge >= 0.3 is 7.82 Å². The van der Waals surface area contributed by atoms with E-state index in [1.54, 1.807) is 30.3 Å². The lowest BCUT2D eigenvalue weighted by atomic mass is 10.3. The van der Waals surface area contributed by atoms with Gasteiger partial charge in [0.25, 0.3) is 0 Å². The monoisotopic (exact) mass is 244 g/mol. The SMILES string of the molecule is CCCCCOP(=O)(O)Oc1ccccc1. The molecular formula is C11H17O4P. The molecule has 1 unspecified atom stereocenters. The van der Waals surface area contributed by atoms with Crippen LogP contribution in [0.25, 0.3) is 0 Å². The van der Waals surface area contributed by atoms with Crippen LogP contribution in [0.3, 0.4) is 0 Å². The van der Waals surface area contributed by atoms with Crippen LogP contribution in [0.2, 0.25) is 0 Å². The van der Waals surface area contributed by atoms with Crippen molar-refractivity contribution < 1.29 is 18.5 Å². The highest BCUT2D eigenvalue weighted by Gasteiger charge is 2.22. The molecule has 0 fully saturated rings. The van der Waals surface area contributed by atoms with E-state index in [0.717, 1.165) is 19.3 Å². The second-order valence-corrected chi connectivity index (χ2v) is 4.79. The van der Waals surface area contributed by atoms with Gasteiger partial charge in [-0.25, -0.2) is 4.57 Å². The highest BCUT2D eigenvalue weighted by atomic mass is 31.2. The molecule has 0 aliphatic rings. The normalized spacial score (nSPS) is 14.4.